The number of nitrogens with zero attached hydrogens (tertiary/aromatic N) is 1. The van der Waals surface area contributed by atoms with E-state index in [0.717, 1.165) is 44.1 Å². The number of fused-ring (bicyclic) bond motifs is 5. The predicted octanol–water partition coefficient (Wildman–Crippen LogP) is 4.30. The Morgan fingerprint density at radius 3 is 2.34 bits per heavy atom. The summed E-state index contributed by atoms with van der Waals surface area (Å²) < 4.78 is 5.19. The van der Waals surface area contributed by atoms with E-state index in [1.165, 1.54) is 0 Å². The molecule has 0 aliphatic heterocycles. The van der Waals surface area contributed by atoms with Crippen molar-refractivity contribution in [2.24, 2.45) is 0 Å². The van der Waals surface area contributed by atoms with Gasteiger partial charge in [0.05, 0.1) is 23.0 Å². The summed E-state index contributed by atoms with van der Waals surface area (Å²) in [6.07, 6.45) is -0.195. The third-order valence-electron chi connectivity index (χ3n) is 5.75. The van der Waals surface area contributed by atoms with Crippen LogP contribution in [0.3, 0.4) is 0 Å². The molecule has 29 heavy (non-hydrogen) atoms. The van der Waals surface area contributed by atoms with Crippen LogP contribution in [0, 0.1) is 0 Å². The van der Waals surface area contributed by atoms with Crippen molar-refractivity contribution in [1.82, 2.24) is 4.98 Å². The molecule has 1 aliphatic carbocycles. The van der Waals surface area contributed by atoms with Crippen LogP contribution in [-0.2, 0) is 19.7 Å². The maximum atomic E-state index is 11.9. The molecule has 0 spiro atoms. The van der Waals surface area contributed by atoms with Gasteiger partial charge in [-0.1, -0.05) is 42.5 Å². The second kappa shape index (κ2) is 6.41. The summed E-state index contributed by atoms with van der Waals surface area (Å²) in [5, 5.41) is 12.7. The van der Waals surface area contributed by atoms with E-state index in [2.05, 4.69) is 6.07 Å². The molecule has 0 saturated carbocycles. The van der Waals surface area contributed by atoms with Gasteiger partial charge in [0.2, 0.25) is 0 Å². The van der Waals surface area contributed by atoms with Crippen molar-refractivity contribution in [2.75, 3.05) is 6.61 Å². The average Bonchev–Trinajstić information content (AvgIpc) is 2.97. The number of para-hydroxylation sites is 1. The van der Waals surface area contributed by atoms with Crippen molar-refractivity contribution in [3.8, 4) is 11.3 Å². The van der Waals surface area contributed by atoms with Gasteiger partial charge in [-0.15, -0.1) is 0 Å². The molecule has 1 N–H and O–H groups in total. The first-order valence-electron chi connectivity index (χ1n) is 9.33. The Balaban J connectivity index is 1.89. The smallest absolute Gasteiger partial charge is 0.304 e. The highest BCUT2D eigenvalue weighted by molar-refractivity contribution is 5.96. The Kier molecular flexibility index (Phi) is 3.84. The molecular formula is C24H17NO4. The van der Waals surface area contributed by atoms with Gasteiger partial charge in [0, 0.05) is 10.9 Å². The summed E-state index contributed by atoms with van der Waals surface area (Å²) in [6.45, 7) is 0.317. The molecule has 0 fully saturated rings. The van der Waals surface area contributed by atoms with Crippen molar-refractivity contribution in [1.29, 1.82) is 0 Å². The Labute approximate surface area is 166 Å². The highest BCUT2D eigenvalue weighted by Crippen LogP contribution is 2.52. The number of aromatic nitrogens is 1. The lowest BCUT2D eigenvalue weighted by Crippen LogP contribution is -2.34. The van der Waals surface area contributed by atoms with Crippen LogP contribution in [0.2, 0.25) is 0 Å². The lowest BCUT2D eigenvalue weighted by Gasteiger charge is -2.29. The number of benzene rings is 3. The number of carbonyl (C=O) groups excluding carboxylic acids is 1. The van der Waals surface area contributed by atoms with Crippen molar-refractivity contribution >= 4 is 34.1 Å². The van der Waals surface area contributed by atoms with Crippen LogP contribution in [-0.4, -0.2) is 29.1 Å². The van der Waals surface area contributed by atoms with Gasteiger partial charge in [-0.25, -0.2) is 4.98 Å². The zero-order chi connectivity index (χ0) is 20.0. The van der Waals surface area contributed by atoms with E-state index in [4.69, 9.17) is 9.72 Å². The van der Waals surface area contributed by atoms with Crippen molar-refractivity contribution in [3.05, 3.63) is 77.9 Å². The van der Waals surface area contributed by atoms with Gasteiger partial charge < -0.3 is 9.84 Å². The maximum absolute atomic E-state index is 11.9. The summed E-state index contributed by atoms with van der Waals surface area (Å²) >= 11 is 0. The monoisotopic (exact) mass is 383 g/mol. The number of hydrogen-bond donors (Lipinski definition) is 1. The Morgan fingerprint density at radius 1 is 0.966 bits per heavy atom. The normalized spacial score (nSPS) is 17.1. The summed E-state index contributed by atoms with van der Waals surface area (Å²) in [4.78, 5) is 27.8. The van der Waals surface area contributed by atoms with Crippen LogP contribution in [0.4, 0.5) is 0 Å². The van der Waals surface area contributed by atoms with E-state index < -0.39 is 11.4 Å². The Morgan fingerprint density at radius 2 is 1.62 bits per heavy atom. The summed E-state index contributed by atoms with van der Waals surface area (Å²) in [5.41, 5.74) is 3.11. The second-order valence-electron chi connectivity index (χ2n) is 7.38. The first-order chi connectivity index (χ1) is 14.1. The quantitative estimate of drug-likeness (QED) is 0.520. The zero-order valence-corrected chi connectivity index (χ0v) is 15.5. The Hall–Kier alpha value is -3.73. The highest BCUT2D eigenvalue weighted by Gasteiger charge is 2.47. The first-order valence-corrected chi connectivity index (χ1v) is 9.33. The molecule has 5 nitrogen and oxygen atoms in total. The molecule has 1 heterocycles. The van der Waals surface area contributed by atoms with E-state index in [1.54, 1.807) is 0 Å². The van der Waals surface area contributed by atoms with E-state index >= 15 is 0 Å². The average molecular weight is 383 g/mol. The summed E-state index contributed by atoms with van der Waals surface area (Å²) in [5.74, 6) is -0.959. The molecule has 142 valence electrons. The molecule has 1 atom stereocenters. The molecule has 5 rings (SSSR count). The number of hydrogen-bond acceptors (Lipinski definition) is 4. The molecule has 0 bridgehead atoms. The van der Waals surface area contributed by atoms with Crippen LogP contribution in [0.5, 0.6) is 0 Å². The summed E-state index contributed by atoms with van der Waals surface area (Å²) in [6, 6.07) is 21.7. The molecule has 0 saturated heterocycles. The number of pyridine rings is 1. The highest BCUT2D eigenvalue weighted by atomic mass is 16.5. The third kappa shape index (κ3) is 2.58. The minimum absolute atomic E-state index is 0.0544. The zero-order valence-electron chi connectivity index (χ0n) is 15.5. The van der Waals surface area contributed by atoms with Crippen LogP contribution < -0.4 is 0 Å². The molecule has 1 aromatic heterocycles. The lowest BCUT2D eigenvalue weighted by molar-refractivity contribution is -0.140. The topological polar surface area (TPSA) is 76.5 Å². The number of ether oxygens (including phenoxy) is 1. The first kappa shape index (κ1) is 17.4. The second-order valence-corrected chi connectivity index (χ2v) is 7.38. The number of aliphatic carboxylic acids is 1. The molecule has 3 aromatic carbocycles. The standard InChI is InChI=1S/C24H17NO4/c26-14-29-13-24(12-22(27)28)19-10-16-6-2-1-5-15(16)9-18(19)23-20(24)11-17-7-3-4-8-21(17)25-23/h1-11,14H,12-13H2,(H,27,28). The predicted molar refractivity (Wildman–Crippen MR) is 110 cm³/mol. The fraction of sp³-hybridized carbons (Fsp3) is 0.125. The molecule has 1 aliphatic rings. The van der Waals surface area contributed by atoms with Crippen molar-refractivity contribution < 1.29 is 19.4 Å². The van der Waals surface area contributed by atoms with Crippen molar-refractivity contribution in [3.63, 3.8) is 0 Å². The van der Waals surface area contributed by atoms with Crippen LogP contribution in [0.1, 0.15) is 17.5 Å². The van der Waals surface area contributed by atoms with Gasteiger partial charge in [0.15, 0.2) is 0 Å². The van der Waals surface area contributed by atoms with Crippen LogP contribution >= 0.6 is 0 Å². The van der Waals surface area contributed by atoms with Gasteiger partial charge in [0.1, 0.15) is 6.61 Å². The number of carboxylic acid groups (broad SMARTS) is 1. The number of rotatable bonds is 5. The third-order valence-corrected chi connectivity index (χ3v) is 5.75. The van der Waals surface area contributed by atoms with Gasteiger partial charge in [-0.2, -0.15) is 0 Å². The fourth-order valence-corrected chi connectivity index (χ4v) is 4.49. The van der Waals surface area contributed by atoms with Crippen LogP contribution in [0.15, 0.2) is 66.7 Å². The Bertz CT molecular complexity index is 1210. The number of carbonyl (C=O) groups is 2. The van der Waals surface area contributed by atoms with Crippen molar-refractivity contribution in [2.45, 2.75) is 11.8 Å². The molecular weight excluding hydrogens is 366 g/mol. The minimum atomic E-state index is -0.988. The molecule has 1 unspecified atom stereocenters. The van der Waals surface area contributed by atoms with Gasteiger partial charge in [-0.05, 0) is 46.2 Å². The summed E-state index contributed by atoms with van der Waals surface area (Å²) in [7, 11) is 0. The molecule has 4 aromatic rings. The van der Waals surface area contributed by atoms with Gasteiger partial charge >= 0.3 is 5.97 Å². The lowest BCUT2D eigenvalue weighted by atomic mass is 9.75. The minimum Gasteiger partial charge on any atom is -0.481 e. The van der Waals surface area contributed by atoms with E-state index in [9.17, 15) is 14.7 Å². The van der Waals surface area contributed by atoms with Crippen LogP contribution in [0.25, 0.3) is 32.9 Å². The van der Waals surface area contributed by atoms with Gasteiger partial charge in [0.25, 0.3) is 6.47 Å². The van der Waals surface area contributed by atoms with E-state index in [0.29, 0.717) is 6.47 Å². The molecule has 0 amide bonds. The largest absolute Gasteiger partial charge is 0.481 e. The van der Waals surface area contributed by atoms with Gasteiger partial charge in [-0.3, -0.25) is 9.59 Å². The molecule has 0 radical (unpaired) electrons. The molecule has 5 heteroatoms. The van der Waals surface area contributed by atoms with E-state index in [-0.39, 0.29) is 13.0 Å². The fourth-order valence-electron chi connectivity index (χ4n) is 4.49. The van der Waals surface area contributed by atoms with E-state index in [1.807, 2.05) is 60.7 Å². The maximum Gasteiger partial charge on any atom is 0.304 e. The number of carboxylic acids is 1. The SMILES string of the molecule is O=COCC1(CC(=O)O)c2cc3ccccc3cc2-c2nc3ccccc3cc21.